The third-order valence-corrected chi connectivity index (χ3v) is 5.94. The molecule has 28 heavy (non-hydrogen) atoms. The van der Waals surface area contributed by atoms with Crippen LogP contribution in [0.1, 0.15) is 41.4 Å². The molecule has 1 fully saturated rings. The first-order chi connectivity index (χ1) is 13.4. The van der Waals surface area contributed by atoms with Crippen molar-refractivity contribution in [1.82, 2.24) is 9.80 Å². The lowest BCUT2D eigenvalue weighted by atomic mass is 9.75. The fraction of sp³-hybridized carbons (Fsp3) is 0.364. The summed E-state index contributed by atoms with van der Waals surface area (Å²) in [5.74, 6) is 1.04. The molecule has 3 aliphatic rings. The molecule has 3 aliphatic heterocycles. The second kappa shape index (κ2) is 5.99. The molecule has 0 saturated carbocycles. The summed E-state index contributed by atoms with van der Waals surface area (Å²) in [6.45, 7) is 5.76. The van der Waals surface area contributed by atoms with Gasteiger partial charge in [0.15, 0.2) is 11.5 Å². The van der Waals surface area contributed by atoms with Crippen molar-refractivity contribution in [1.29, 1.82) is 0 Å². The van der Waals surface area contributed by atoms with Gasteiger partial charge in [0.2, 0.25) is 12.7 Å². The van der Waals surface area contributed by atoms with E-state index in [9.17, 15) is 9.59 Å². The van der Waals surface area contributed by atoms with E-state index < -0.39 is 0 Å². The molecule has 5 rings (SSSR count). The Kier molecular flexibility index (Phi) is 3.66. The van der Waals surface area contributed by atoms with E-state index >= 15 is 0 Å². The van der Waals surface area contributed by atoms with E-state index in [1.165, 1.54) is 5.56 Å². The summed E-state index contributed by atoms with van der Waals surface area (Å²) in [7, 11) is 0. The van der Waals surface area contributed by atoms with Gasteiger partial charge in [-0.25, -0.2) is 0 Å². The molecule has 1 saturated heterocycles. The monoisotopic (exact) mass is 378 g/mol. The number of carbonyl (C=O) groups excluding carboxylic acids is 2. The zero-order valence-corrected chi connectivity index (χ0v) is 16.0. The van der Waals surface area contributed by atoms with Crippen LogP contribution in [-0.2, 0) is 10.2 Å². The van der Waals surface area contributed by atoms with Crippen LogP contribution in [0.2, 0.25) is 0 Å². The lowest BCUT2D eigenvalue weighted by Gasteiger charge is -2.49. The summed E-state index contributed by atoms with van der Waals surface area (Å²) in [5, 5.41) is 0. The molecule has 2 amide bonds. The van der Waals surface area contributed by atoms with Crippen LogP contribution in [0.3, 0.4) is 0 Å². The molecule has 1 unspecified atom stereocenters. The van der Waals surface area contributed by atoms with Crippen LogP contribution >= 0.6 is 0 Å². The average molecular weight is 378 g/mol. The summed E-state index contributed by atoms with van der Waals surface area (Å²) >= 11 is 0. The molecular weight excluding hydrogens is 356 g/mol. The molecule has 2 aromatic carbocycles. The Morgan fingerprint density at radius 1 is 1.11 bits per heavy atom. The normalized spacial score (nSPS) is 21.9. The van der Waals surface area contributed by atoms with Gasteiger partial charge in [-0.2, -0.15) is 0 Å². The lowest BCUT2D eigenvalue weighted by molar-refractivity contribution is -0.140. The van der Waals surface area contributed by atoms with E-state index in [2.05, 4.69) is 26.0 Å². The van der Waals surface area contributed by atoms with Gasteiger partial charge in [0.05, 0.1) is 6.04 Å². The van der Waals surface area contributed by atoms with Crippen molar-refractivity contribution in [3.63, 3.8) is 0 Å². The first kappa shape index (κ1) is 17.1. The molecule has 0 spiro atoms. The van der Waals surface area contributed by atoms with Gasteiger partial charge in [0.1, 0.15) is 6.54 Å². The lowest BCUT2D eigenvalue weighted by Crippen LogP contribution is -2.58. The Bertz CT molecular complexity index is 984. The Morgan fingerprint density at radius 2 is 1.89 bits per heavy atom. The van der Waals surface area contributed by atoms with Crippen LogP contribution in [0.15, 0.2) is 42.5 Å². The van der Waals surface area contributed by atoms with Gasteiger partial charge < -0.3 is 19.3 Å². The van der Waals surface area contributed by atoms with Crippen LogP contribution in [0.4, 0.5) is 0 Å². The molecule has 6 heteroatoms. The number of carbonyl (C=O) groups is 2. The summed E-state index contributed by atoms with van der Waals surface area (Å²) in [6.07, 6.45) is 0. The second-order valence-electron chi connectivity index (χ2n) is 8.26. The summed E-state index contributed by atoms with van der Waals surface area (Å²) in [5.41, 5.74) is 2.79. The number of hydrogen-bond acceptors (Lipinski definition) is 4. The first-order valence-electron chi connectivity index (χ1n) is 9.52. The highest BCUT2D eigenvalue weighted by atomic mass is 16.7. The first-order valence-corrected chi connectivity index (χ1v) is 9.52. The van der Waals surface area contributed by atoms with Crippen molar-refractivity contribution in [3.05, 3.63) is 59.2 Å². The van der Waals surface area contributed by atoms with Crippen LogP contribution in [0.25, 0.3) is 0 Å². The van der Waals surface area contributed by atoms with E-state index in [-0.39, 0.29) is 36.6 Å². The minimum Gasteiger partial charge on any atom is -0.454 e. The fourth-order valence-corrected chi connectivity index (χ4v) is 4.55. The van der Waals surface area contributed by atoms with Gasteiger partial charge in [0.25, 0.3) is 5.91 Å². The Morgan fingerprint density at radius 3 is 2.75 bits per heavy atom. The molecule has 6 nitrogen and oxygen atoms in total. The molecule has 2 aromatic rings. The predicted molar refractivity (Wildman–Crippen MR) is 102 cm³/mol. The summed E-state index contributed by atoms with van der Waals surface area (Å²) < 4.78 is 10.7. The largest absolute Gasteiger partial charge is 0.454 e. The molecule has 0 aliphatic carbocycles. The minimum absolute atomic E-state index is 0.00655. The van der Waals surface area contributed by atoms with E-state index in [0.29, 0.717) is 30.2 Å². The molecule has 0 aromatic heterocycles. The molecule has 144 valence electrons. The number of nitrogens with zero attached hydrogens (tertiary/aromatic N) is 2. The number of fused-ring (bicyclic) bond motifs is 4. The third kappa shape index (κ3) is 2.55. The highest BCUT2D eigenvalue weighted by Gasteiger charge is 2.44. The van der Waals surface area contributed by atoms with Crippen LogP contribution in [0, 0.1) is 0 Å². The number of hydrogen-bond donors (Lipinski definition) is 0. The van der Waals surface area contributed by atoms with E-state index in [0.717, 1.165) is 5.56 Å². The number of piperazine rings is 1. The highest BCUT2D eigenvalue weighted by Crippen LogP contribution is 2.41. The molecule has 1 atom stereocenters. The molecular formula is C22H22N2O4. The van der Waals surface area contributed by atoms with Crippen LogP contribution in [0.5, 0.6) is 11.5 Å². The summed E-state index contributed by atoms with van der Waals surface area (Å²) in [6, 6.07) is 13.3. The number of ether oxygens (including phenoxy) is 2. The molecule has 0 N–H and O–H groups in total. The fourth-order valence-electron chi connectivity index (χ4n) is 4.55. The maximum absolute atomic E-state index is 13.1. The topological polar surface area (TPSA) is 59.1 Å². The predicted octanol–water partition coefficient (Wildman–Crippen LogP) is 2.73. The Balaban J connectivity index is 1.47. The van der Waals surface area contributed by atoms with Crippen LogP contribution in [-0.4, -0.2) is 48.0 Å². The van der Waals surface area contributed by atoms with Crippen molar-refractivity contribution < 1.29 is 19.1 Å². The standard InChI is InChI=1S/C22H22N2O4/c1-22(2)12-24-17(15-5-3-4-6-16(15)22)10-23(11-20(24)25)21(26)14-7-8-18-19(9-14)28-13-27-18/h3-9,17H,10-13H2,1-2H3. The molecule has 3 heterocycles. The summed E-state index contributed by atoms with van der Waals surface area (Å²) in [4.78, 5) is 29.6. The zero-order valence-electron chi connectivity index (χ0n) is 16.0. The highest BCUT2D eigenvalue weighted by molar-refractivity contribution is 5.98. The smallest absolute Gasteiger partial charge is 0.254 e. The van der Waals surface area contributed by atoms with Crippen LogP contribution < -0.4 is 9.47 Å². The zero-order chi connectivity index (χ0) is 19.5. The number of amides is 2. The minimum atomic E-state index is -0.159. The van der Waals surface area contributed by atoms with E-state index in [1.807, 2.05) is 17.0 Å². The van der Waals surface area contributed by atoms with Gasteiger partial charge in [0, 0.05) is 24.1 Å². The average Bonchev–Trinajstić information content (AvgIpc) is 3.16. The quantitative estimate of drug-likeness (QED) is 0.766. The van der Waals surface area contributed by atoms with E-state index in [4.69, 9.17) is 9.47 Å². The maximum Gasteiger partial charge on any atom is 0.254 e. The SMILES string of the molecule is CC1(C)CN2C(=O)CN(C(=O)c3ccc4c(c3)OCO4)CC2c2ccccc21. The van der Waals surface area contributed by atoms with Gasteiger partial charge in [-0.15, -0.1) is 0 Å². The van der Waals surface area contributed by atoms with Gasteiger partial charge in [-0.05, 0) is 29.3 Å². The Labute approximate surface area is 163 Å². The van der Waals surface area contributed by atoms with Crippen molar-refractivity contribution in [3.8, 4) is 11.5 Å². The maximum atomic E-state index is 13.1. The van der Waals surface area contributed by atoms with Gasteiger partial charge >= 0.3 is 0 Å². The van der Waals surface area contributed by atoms with Gasteiger partial charge in [-0.1, -0.05) is 38.1 Å². The van der Waals surface area contributed by atoms with E-state index in [1.54, 1.807) is 23.1 Å². The number of benzene rings is 2. The van der Waals surface area contributed by atoms with Crippen molar-refractivity contribution in [2.45, 2.75) is 25.3 Å². The molecule has 0 radical (unpaired) electrons. The number of rotatable bonds is 1. The van der Waals surface area contributed by atoms with Gasteiger partial charge in [-0.3, -0.25) is 9.59 Å². The second-order valence-corrected chi connectivity index (χ2v) is 8.26. The molecule has 0 bridgehead atoms. The third-order valence-electron chi connectivity index (χ3n) is 5.94. The Hall–Kier alpha value is -3.02. The van der Waals surface area contributed by atoms with Crippen molar-refractivity contribution in [2.24, 2.45) is 0 Å². The van der Waals surface area contributed by atoms with Crippen molar-refractivity contribution in [2.75, 3.05) is 26.4 Å². The van der Waals surface area contributed by atoms with Crippen molar-refractivity contribution >= 4 is 11.8 Å².